The molecule has 72 valence electrons. The molecule has 2 nitrogen and oxygen atoms in total. The first kappa shape index (κ1) is 11.5. The van der Waals surface area contributed by atoms with E-state index in [9.17, 15) is 4.79 Å². The SMILES string of the molecule is CCCOC(=O)CC(C)(C)CC. The molecule has 2 heteroatoms. The van der Waals surface area contributed by atoms with E-state index >= 15 is 0 Å². The lowest BCUT2D eigenvalue weighted by atomic mass is 9.87. The van der Waals surface area contributed by atoms with E-state index in [1.165, 1.54) is 0 Å². The zero-order valence-corrected chi connectivity index (χ0v) is 8.64. The fraction of sp³-hybridized carbons (Fsp3) is 0.900. The van der Waals surface area contributed by atoms with E-state index in [4.69, 9.17) is 4.74 Å². The Morgan fingerprint density at radius 2 is 1.92 bits per heavy atom. The average Bonchev–Trinajstić information content (AvgIpc) is 2.00. The monoisotopic (exact) mass is 172 g/mol. The maximum absolute atomic E-state index is 11.2. The number of carbonyl (C=O) groups excluding carboxylic acids is 1. The molecule has 0 spiro atoms. The Kier molecular flexibility index (Phi) is 4.95. The smallest absolute Gasteiger partial charge is 0.306 e. The molecule has 0 atom stereocenters. The maximum Gasteiger partial charge on any atom is 0.306 e. The van der Waals surface area contributed by atoms with Crippen molar-refractivity contribution in [3.05, 3.63) is 0 Å². The predicted molar refractivity (Wildman–Crippen MR) is 49.9 cm³/mol. The lowest BCUT2D eigenvalue weighted by Crippen LogP contribution is -2.18. The Labute approximate surface area is 75.3 Å². The summed E-state index contributed by atoms with van der Waals surface area (Å²) in [5, 5.41) is 0. The highest BCUT2D eigenvalue weighted by molar-refractivity contribution is 5.70. The lowest BCUT2D eigenvalue weighted by molar-refractivity contribution is -0.146. The summed E-state index contributed by atoms with van der Waals surface area (Å²) in [5.41, 5.74) is 0.0881. The molecule has 0 saturated heterocycles. The van der Waals surface area contributed by atoms with Crippen molar-refractivity contribution in [2.75, 3.05) is 6.61 Å². The zero-order chi connectivity index (χ0) is 9.61. The number of ether oxygens (including phenoxy) is 1. The van der Waals surface area contributed by atoms with E-state index in [-0.39, 0.29) is 11.4 Å². The number of hydrogen-bond acceptors (Lipinski definition) is 2. The van der Waals surface area contributed by atoms with Crippen LogP contribution < -0.4 is 0 Å². The molecule has 0 fully saturated rings. The second kappa shape index (κ2) is 5.18. The standard InChI is InChI=1S/C10H20O2/c1-5-7-12-9(11)8-10(3,4)6-2/h5-8H2,1-4H3. The first-order chi connectivity index (χ1) is 5.52. The molecule has 0 rings (SSSR count). The van der Waals surface area contributed by atoms with Gasteiger partial charge in [0.25, 0.3) is 0 Å². The third kappa shape index (κ3) is 5.16. The van der Waals surface area contributed by atoms with Gasteiger partial charge in [-0.25, -0.2) is 0 Å². The van der Waals surface area contributed by atoms with E-state index in [1.54, 1.807) is 0 Å². The van der Waals surface area contributed by atoms with Gasteiger partial charge in [-0.2, -0.15) is 0 Å². The van der Waals surface area contributed by atoms with Crippen LogP contribution in [-0.4, -0.2) is 12.6 Å². The van der Waals surface area contributed by atoms with Crippen molar-refractivity contribution in [1.29, 1.82) is 0 Å². The molecule has 0 N–H and O–H groups in total. The van der Waals surface area contributed by atoms with Gasteiger partial charge in [0, 0.05) is 0 Å². The molecule has 12 heavy (non-hydrogen) atoms. The van der Waals surface area contributed by atoms with Crippen molar-refractivity contribution in [2.24, 2.45) is 5.41 Å². The van der Waals surface area contributed by atoms with Gasteiger partial charge >= 0.3 is 5.97 Å². The second-order valence-corrected chi connectivity index (χ2v) is 3.92. The summed E-state index contributed by atoms with van der Waals surface area (Å²) in [6.45, 7) is 8.81. The van der Waals surface area contributed by atoms with Crippen molar-refractivity contribution in [1.82, 2.24) is 0 Å². The summed E-state index contributed by atoms with van der Waals surface area (Å²) >= 11 is 0. The highest BCUT2D eigenvalue weighted by Crippen LogP contribution is 2.24. The fourth-order valence-corrected chi connectivity index (χ4v) is 0.783. The summed E-state index contributed by atoms with van der Waals surface area (Å²) in [6, 6.07) is 0. The summed E-state index contributed by atoms with van der Waals surface area (Å²) in [5.74, 6) is -0.0660. The molecule has 0 saturated carbocycles. The summed E-state index contributed by atoms with van der Waals surface area (Å²) in [4.78, 5) is 11.2. The number of esters is 1. The van der Waals surface area contributed by atoms with E-state index in [0.717, 1.165) is 12.8 Å². The van der Waals surface area contributed by atoms with Gasteiger partial charge < -0.3 is 4.74 Å². The van der Waals surface area contributed by atoms with Crippen LogP contribution in [0.5, 0.6) is 0 Å². The average molecular weight is 172 g/mol. The van der Waals surface area contributed by atoms with Crippen LogP contribution >= 0.6 is 0 Å². The number of hydrogen-bond donors (Lipinski definition) is 0. The minimum Gasteiger partial charge on any atom is -0.466 e. The van der Waals surface area contributed by atoms with Gasteiger partial charge in [-0.05, 0) is 11.8 Å². The first-order valence-electron chi connectivity index (χ1n) is 4.67. The van der Waals surface area contributed by atoms with Gasteiger partial charge in [0.1, 0.15) is 0 Å². The first-order valence-corrected chi connectivity index (χ1v) is 4.67. The van der Waals surface area contributed by atoms with E-state index in [0.29, 0.717) is 13.0 Å². The van der Waals surface area contributed by atoms with Crippen molar-refractivity contribution in [3.63, 3.8) is 0 Å². The Morgan fingerprint density at radius 3 is 2.33 bits per heavy atom. The van der Waals surface area contributed by atoms with E-state index in [1.807, 2.05) is 6.92 Å². The third-order valence-electron chi connectivity index (χ3n) is 2.05. The molecule has 0 unspecified atom stereocenters. The highest BCUT2D eigenvalue weighted by Gasteiger charge is 2.20. The number of carbonyl (C=O) groups is 1. The quantitative estimate of drug-likeness (QED) is 0.596. The lowest BCUT2D eigenvalue weighted by Gasteiger charge is -2.20. The zero-order valence-electron chi connectivity index (χ0n) is 8.64. The maximum atomic E-state index is 11.2. The molecular weight excluding hydrogens is 152 g/mol. The van der Waals surface area contributed by atoms with Gasteiger partial charge in [-0.3, -0.25) is 4.79 Å². The molecular formula is C10H20O2. The van der Waals surface area contributed by atoms with Crippen LogP contribution in [-0.2, 0) is 9.53 Å². The molecule has 0 heterocycles. The molecule has 0 radical (unpaired) electrons. The molecule has 0 aromatic heterocycles. The highest BCUT2D eigenvalue weighted by atomic mass is 16.5. The molecule has 0 aliphatic carbocycles. The van der Waals surface area contributed by atoms with Crippen molar-refractivity contribution >= 4 is 5.97 Å². The van der Waals surface area contributed by atoms with Crippen LogP contribution in [0.3, 0.4) is 0 Å². The van der Waals surface area contributed by atoms with Gasteiger partial charge in [-0.15, -0.1) is 0 Å². The van der Waals surface area contributed by atoms with Gasteiger partial charge in [0.15, 0.2) is 0 Å². The van der Waals surface area contributed by atoms with Crippen molar-refractivity contribution < 1.29 is 9.53 Å². The summed E-state index contributed by atoms with van der Waals surface area (Å²) in [6.07, 6.45) is 2.44. The van der Waals surface area contributed by atoms with Crippen LogP contribution in [0.4, 0.5) is 0 Å². The Balaban J connectivity index is 3.68. The molecule has 0 amide bonds. The normalized spacial score (nSPS) is 11.3. The molecule has 0 aromatic carbocycles. The van der Waals surface area contributed by atoms with Crippen LogP contribution in [0, 0.1) is 5.41 Å². The van der Waals surface area contributed by atoms with E-state index < -0.39 is 0 Å². The summed E-state index contributed by atoms with van der Waals surface area (Å²) < 4.78 is 4.99. The Morgan fingerprint density at radius 1 is 1.33 bits per heavy atom. The van der Waals surface area contributed by atoms with Crippen LogP contribution in [0.15, 0.2) is 0 Å². The molecule has 0 aliphatic heterocycles. The molecule has 0 aliphatic rings. The molecule has 0 aromatic rings. The van der Waals surface area contributed by atoms with Crippen LogP contribution in [0.25, 0.3) is 0 Å². The predicted octanol–water partition coefficient (Wildman–Crippen LogP) is 2.77. The van der Waals surface area contributed by atoms with Crippen LogP contribution in [0.2, 0.25) is 0 Å². The van der Waals surface area contributed by atoms with Crippen molar-refractivity contribution in [3.8, 4) is 0 Å². The topological polar surface area (TPSA) is 26.3 Å². The van der Waals surface area contributed by atoms with Crippen LogP contribution in [0.1, 0.15) is 47.0 Å². The molecule has 0 bridgehead atoms. The largest absolute Gasteiger partial charge is 0.466 e. The Bertz CT molecular complexity index is 139. The minimum absolute atomic E-state index is 0.0660. The second-order valence-electron chi connectivity index (χ2n) is 3.92. The van der Waals surface area contributed by atoms with Gasteiger partial charge in [0.05, 0.1) is 13.0 Å². The fourth-order valence-electron chi connectivity index (χ4n) is 0.783. The van der Waals surface area contributed by atoms with Gasteiger partial charge in [0.2, 0.25) is 0 Å². The summed E-state index contributed by atoms with van der Waals surface area (Å²) in [7, 11) is 0. The van der Waals surface area contributed by atoms with E-state index in [2.05, 4.69) is 20.8 Å². The van der Waals surface area contributed by atoms with Crippen molar-refractivity contribution in [2.45, 2.75) is 47.0 Å². The van der Waals surface area contributed by atoms with Gasteiger partial charge in [-0.1, -0.05) is 34.1 Å². The minimum atomic E-state index is -0.0660. The third-order valence-corrected chi connectivity index (χ3v) is 2.05. The Hall–Kier alpha value is -0.530. The number of rotatable bonds is 5.